The first-order valence-electron chi connectivity index (χ1n) is 5.27. The van der Waals surface area contributed by atoms with E-state index in [1.54, 1.807) is 19.2 Å². The molecule has 0 radical (unpaired) electrons. The molecule has 0 bridgehead atoms. The molecule has 0 aliphatic heterocycles. The molecule has 5 heteroatoms. The Bertz CT molecular complexity index is 569. The quantitative estimate of drug-likeness (QED) is 0.826. The van der Waals surface area contributed by atoms with Crippen molar-refractivity contribution in [2.45, 2.75) is 0 Å². The molecule has 0 aliphatic carbocycles. The van der Waals surface area contributed by atoms with Crippen LogP contribution in [0.4, 0.5) is 10.1 Å². The number of hydrogen-bond donors (Lipinski definition) is 1. The third-order valence-electron chi connectivity index (χ3n) is 2.48. The number of carbonyl (C=O) groups excluding carboxylic acids is 1. The van der Waals surface area contributed by atoms with Gasteiger partial charge in [-0.1, -0.05) is 6.07 Å². The van der Waals surface area contributed by atoms with Gasteiger partial charge < -0.3 is 10.0 Å². The van der Waals surface area contributed by atoms with Crippen LogP contribution in [0.2, 0.25) is 0 Å². The number of aromatic hydroxyl groups is 1. The minimum Gasteiger partial charge on any atom is -0.508 e. The predicted octanol–water partition coefficient (Wildman–Crippen LogP) is 2.20. The van der Waals surface area contributed by atoms with Gasteiger partial charge in [0.1, 0.15) is 11.4 Å². The normalized spacial score (nSPS) is 10.1. The lowest BCUT2D eigenvalue weighted by molar-refractivity contribution is 0.0987. The molecule has 0 atom stereocenters. The van der Waals surface area contributed by atoms with Gasteiger partial charge in [-0.3, -0.25) is 4.79 Å². The number of hydrogen-bond acceptors (Lipinski definition) is 3. The minimum absolute atomic E-state index is 0.0329. The zero-order valence-electron chi connectivity index (χ0n) is 9.67. The number of carbonyl (C=O) groups is 1. The standard InChI is InChI=1S/C13H11FN2O2/c1-16(9-5-7-10(17)8-6-9)13(18)11-3-2-4-12(14)15-11/h2-8,17H,1H3. The third kappa shape index (κ3) is 2.45. The smallest absolute Gasteiger partial charge is 0.276 e. The van der Waals surface area contributed by atoms with E-state index < -0.39 is 11.9 Å². The number of halogens is 1. The van der Waals surface area contributed by atoms with E-state index in [0.29, 0.717) is 5.69 Å². The Morgan fingerprint density at radius 2 is 1.89 bits per heavy atom. The molecule has 1 aromatic heterocycles. The summed E-state index contributed by atoms with van der Waals surface area (Å²) in [6.45, 7) is 0. The third-order valence-corrected chi connectivity index (χ3v) is 2.48. The summed E-state index contributed by atoms with van der Waals surface area (Å²) in [5.74, 6) is -0.997. The van der Waals surface area contributed by atoms with Crippen LogP contribution < -0.4 is 4.90 Å². The molecule has 1 heterocycles. The monoisotopic (exact) mass is 246 g/mol. The number of nitrogens with zero attached hydrogens (tertiary/aromatic N) is 2. The largest absolute Gasteiger partial charge is 0.508 e. The first-order chi connectivity index (χ1) is 8.58. The van der Waals surface area contributed by atoms with E-state index >= 15 is 0 Å². The van der Waals surface area contributed by atoms with Gasteiger partial charge in [0.25, 0.3) is 5.91 Å². The Labute approximate surface area is 103 Å². The van der Waals surface area contributed by atoms with Crippen LogP contribution in [-0.4, -0.2) is 23.0 Å². The molecular formula is C13H11FN2O2. The summed E-state index contributed by atoms with van der Waals surface area (Å²) in [4.78, 5) is 16.9. The van der Waals surface area contributed by atoms with Crippen molar-refractivity contribution >= 4 is 11.6 Å². The first-order valence-corrected chi connectivity index (χ1v) is 5.27. The molecule has 0 saturated heterocycles. The van der Waals surface area contributed by atoms with Crippen LogP contribution in [0.25, 0.3) is 0 Å². The SMILES string of the molecule is CN(C(=O)c1cccc(F)n1)c1ccc(O)cc1. The van der Waals surface area contributed by atoms with Gasteiger partial charge >= 0.3 is 0 Å². The van der Waals surface area contributed by atoms with Gasteiger partial charge in [-0.15, -0.1) is 0 Å². The zero-order chi connectivity index (χ0) is 13.1. The molecule has 18 heavy (non-hydrogen) atoms. The van der Waals surface area contributed by atoms with Crippen molar-refractivity contribution in [3.05, 3.63) is 54.1 Å². The molecule has 0 fully saturated rings. The second-order valence-corrected chi connectivity index (χ2v) is 3.73. The second-order valence-electron chi connectivity index (χ2n) is 3.73. The van der Waals surface area contributed by atoms with Crippen LogP contribution in [0, 0.1) is 5.95 Å². The average molecular weight is 246 g/mol. The summed E-state index contributed by atoms with van der Waals surface area (Å²) < 4.78 is 12.9. The van der Waals surface area contributed by atoms with Gasteiger partial charge in [0.15, 0.2) is 0 Å². The summed E-state index contributed by atoms with van der Waals surface area (Å²) in [5.41, 5.74) is 0.620. The van der Waals surface area contributed by atoms with Crippen molar-refractivity contribution < 1.29 is 14.3 Å². The molecule has 4 nitrogen and oxygen atoms in total. The molecule has 1 N–H and O–H groups in total. The molecule has 92 valence electrons. The van der Waals surface area contributed by atoms with E-state index in [1.165, 1.54) is 35.2 Å². The van der Waals surface area contributed by atoms with E-state index in [9.17, 15) is 9.18 Å². The fourth-order valence-corrected chi connectivity index (χ4v) is 1.49. The Kier molecular flexibility index (Phi) is 3.23. The maximum Gasteiger partial charge on any atom is 0.276 e. The van der Waals surface area contributed by atoms with Crippen molar-refractivity contribution in [2.24, 2.45) is 0 Å². The molecule has 0 spiro atoms. The number of anilines is 1. The fourth-order valence-electron chi connectivity index (χ4n) is 1.49. The maximum absolute atomic E-state index is 12.9. The fraction of sp³-hybridized carbons (Fsp3) is 0.0769. The van der Waals surface area contributed by atoms with Gasteiger partial charge in [-0.2, -0.15) is 4.39 Å². The van der Waals surface area contributed by atoms with E-state index in [-0.39, 0.29) is 11.4 Å². The average Bonchev–Trinajstić information content (AvgIpc) is 2.38. The van der Waals surface area contributed by atoms with Crippen LogP contribution in [0.1, 0.15) is 10.5 Å². The molecule has 2 aromatic rings. The number of rotatable bonds is 2. The highest BCUT2D eigenvalue weighted by molar-refractivity contribution is 6.04. The van der Waals surface area contributed by atoms with Crippen molar-refractivity contribution in [3.63, 3.8) is 0 Å². The summed E-state index contributed by atoms with van der Waals surface area (Å²) in [6, 6.07) is 10.2. The zero-order valence-corrected chi connectivity index (χ0v) is 9.67. The lowest BCUT2D eigenvalue weighted by atomic mass is 10.2. The summed E-state index contributed by atoms with van der Waals surface area (Å²) in [6.07, 6.45) is 0. The number of phenolic OH excluding ortho intramolecular Hbond substituents is 1. The first kappa shape index (κ1) is 12.0. The number of phenols is 1. The van der Waals surface area contributed by atoms with Crippen LogP contribution in [-0.2, 0) is 0 Å². The lowest BCUT2D eigenvalue weighted by Crippen LogP contribution is -2.27. The second kappa shape index (κ2) is 4.83. The van der Waals surface area contributed by atoms with Gasteiger partial charge in [0.2, 0.25) is 5.95 Å². The van der Waals surface area contributed by atoms with Crippen molar-refractivity contribution in [3.8, 4) is 5.75 Å². The molecule has 0 unspecified atom stereocenters. The maximum atomic E-state index is 12.9. The lowest BCUT2D eigenvalue weighted by Gasteiger charge is -2.16. The van der Waals surface area contributed by atoms with Crippen LogP contribution in [0.3, 0.4) is 0 Å². The van der Waals surface area contributed by atoms with Crippen LogP contribution in [0.15, 0.2) is 42.5 Å². The molecule has 2 rings (SSSR count). The summed E-state index contributed by atoms with van der Waals surface area (Å²) >= 11 is 0. The highest BCUT2D eigenvalue weighted by Gasteiger charge is 2.15. The van der Waals surface area contributed by atoms with Crippen molar-refractivity contribution in [1.29, 1.82) is 0 Å². The van der Waals surface area contributed by atoms with Crippen LogP contribution >= 0.6 is 0 Å². The highest BCUT2D eigenvalue weighted by atomic mass is 19.1. The summed E-state index contributed by atoms with van der Waals surface area (Å²) in [7, 11) is 1.56. The number of pyridine rings is 1. The van der Waals surface area contributed by atoms with Gasteiger partial charge in [0.05, 0.1) is 0 Å². The van der Waals surface area contributed by atoms with Crippen molar-refractivity contribution in [2.75, 3.05) is 11.9 Å². The number of benzene rings is 1. The summed E-state index contributed by atoms with van der Waals surface area (Å²) in [5, 5.41) is 9.17. The molecule has 0 saturated carbocycles. The topological polar surface area (TPSA) is 53.4 Å². The van der Waals surface area contributed by atoms with Gasteiger partial charge in [-0.25, -0.2) is 4.98 Å². The highest BCUT2D eigenvalue weighted by Crippen LogP contribution is 2.18. The number of aromatic nitrogens is 1. The number of amides is 1. The van der Waals surface area contributed by atoms with Gasteiger partial charge in [-0.05, 0) is 36.4 Å². The molecular weight excluding hydrogens is 235 g/mol. The van der Waals surface area contributed by atoms with E-state index in [4.69, 9.17) is 5.11 Å². The van der Waals surface area contributed by atoms with E-state index in [0.717, 1.165) is 0 Å². The molecule has 0 aliphatic rings. The Balaban J connectivity index is 2.26. The van der Waals surface area contributed by atoms with E-state index in [2.05, 4.69) is 4.98 Å². The Morgan fingerprint density at radius 3 is 2.50 bits per heavy atom. The molecule has 1 aromatic carbocycles. The van der Waals surface area contributed by atoms with Gasteiger partial charge in [0, 0.05) is 12.7 Å². The Hall–Kier alpha value is -2.43. The predicted molar refractivity (Wildman–Crippen MR) is 65.0 cm³/mol. The molecule has 1 amide bonds. The van der Waals surface area contributed by atoms with Crippen LogP contribution in [0.5, 0.6) is 5.75 Å². The minimum atomic E-state index is -0.694. The van der Waals surface area contributed by atoms with E-state index in [1.807, 2.05) is 0 Å². The Morgan fingerprint density at radius 1 is 1.22 bits per heavy atom. The van der Waals surface area contributed by atoms with Crippen molar-refractivity contribution in [1.82, 2.24) is 4.98 Å².